The number of hydrogen-bond acceptors (Lipinski definition) is 2. The number of anilines is 1. The van der Waals surface area contributed by atoms with Gasteiger partial charge in [-0.3, -0.25) is 4.21 Å². The number of rotatable bonds is 5. The topological polar surface area (TPSA) is 43.1 Å². The number of alkyl halides is 3. The number of halogens is 3. The molecule has 0 saturated carbocycles. The summed E-state index contributed by atoms with van der Waals surface area (Å²) in [5.41, 5.74) is 4.70. The van der Waals surface area contributed by atoms with E-state index in [1.165, 1.54) is 12.1 Å². The Hall–Kier alpha value is -1.04. The van der Waals surface area contributed by atoms with Crippen LogP contribution >= 0.6 is 0 Å². The van der Waals surface area contributed by atoms with E-state index in [-0.39, 0.29) is 22.9 Å². The van der Waals surface area contributed by atoms with Crippen molar-refractivity contribution in [2.24, 2.45) is 5.92 Å². The van der Waals surface area contributed by atoms with Crippen molar-refractivity contribution in [2.45, 2.75) is 32.2 Å². The van der Waals surface area contributed by atoms with Crippen LogP contribution in [0.15, 0.2) is 18.2 Å². The Bertz CT molecular complexity index is 460. The maximum atomic E-state index is 12.9. The Morgan fingerprint density at radius 1 is 1.37 bits per heavy atom. The predicted octanol–water partition coefficient (Wildman–Crippen LogP) is 3.58. The molecule has 2 N–H and O–H groups in total. The van der Waals surface area contributed by atoms with Gasteiger partial charge in [0, 0.05) is 28.0 Å². The smallest absolute Gasteiger partial charge is 0.399 e. The number of nitrogens with two attached hydrogens (primary N) is 1. The first kappa shape index (κ1) is 16.0. The van der Waals surface area contributed by atoms with Crippen molar-refractivity contribution in [1.82, 2.24) is 0 Å². The third-order valence-electron chi connectivity index (χ3n) is 2.92. The summed E-state index contributed by atoms with van der Waals surface area (Å²) in [5.74, 6) is 0.571. The van der Waals surface area contributed by atoms with Gasteiger partial charge in [-0.1, -0.05) is 26.3 Å². The molecule has 0 heterocycles. The molecule has 108 valence electrons. The number of nitrogen functional groups attached to an aromatic ring is 1. The van der Waals surface area contributed by atoms with E-state index in [2.05, 4.69) is 0 Å². The van der Waals surface area contributed by atoms with Gasteiger partial charge < -0.3 is 5.73 Å². The second-order valence-corrected chi connectivity index (χ2v) is 6.18. The molecule has 0 radical (unpaired) electrons. The van der Waals surface area contributed by atoms with Gasteiger partial charge in [-0.25, -0.2) is 0 Å². The lowest BCUT2D eigenvalue weighted by Gasteiger charge is -2.14. The molecule has 1 aromatic rings. The third kappa shape index (κ3) is 4.86. The highest BCUT2D eigenvalue weighted by atomic mass is 32.2. The van der Waals surface area contributed by atoms with Gasteiger partial charge in [0.05, 0.1) is 5.56 Å². The second-order valence-electron chi connectivity index (χ2n) is 4.68. The lowest BCUT2D eigenvalue weighted by atomic mass is 10.1. The van der Waals surface area contributed by atoms with Crippen LogP contribution in [0.25, 0.3) is 0 Å². The van der Waals surface area contributed by atoms with Crippen LogP contribution in [0.5, 0.6) is 0 Å². The lowest BCUT2D eigenvalue weighted by molar-refractivity contribution is -0.138. The van der Waals surface area contributed by atoms with Crippen LogP contribution in [0.2, 0.25) is 0 Å². The van der Waals surface area contributed by atoms with Gasteiger partial charge >= 0.3 is 6.18 Å². The summed E-state index contributed by atoms with van der Waals surface area (Å²) in [7, 11) is -1.29. The molecule has 1 rings (SSSR count). The zero-order chi connectivity index (χ0) is 14.6. The van der Waals surface area contributed by atoms with Gasteiger partial charge in [-0.15, -0.1) is 0 Å². The zero-order valence-corrected chi connectivity index (χ0v) is 11.8. The van der Waals surface area contributed by atoms with Crippen molar-refractivity contribution in [2.75, 3.05) is 11.5 Å². The van der Waals surface area contributed by atoms with Gasteiger partial charge in [0.15, 0.2) is 0 Å². The molecule has 0 bridgehead atoms. The lowest BCUT2D eigenvalue weighted by Crippen LogP contribution is -2.14. The SMILES string of the molecule is CCC(C)CS(=O)Cc1ccc(N)cc1C(F)(F)F. The minimum atomic E-state index is -4.47. The maximum absolute atomic E-state index is 12.9. The van der Waals surface area contributed by atoms with Gasteiger partial charge in [-0.05, 0) is 23.6 Å². The monoisotopic (exact) mass is 293 g/mol. The molecule has 0 aliphatic rings. The molecule has 0 aromatic heterocycles. The molecule has 0 spiro atoms. The van der Waals surface area contributed by atoms with Gasteiger partial charge in [-0.2, -0.15) is 13.2 Å². The van der Waals surface area contributed by atoms with E-state index >= 15 is 0 Å². The van der Waals surface area contributed by atoms with Crippen molar-refractivity contribution in [3.8, 4) is 0 Å². The highest BCUT2D eigenvalue weighted by molar-refractivity contribution is 7.84. The van der Waals surface area contributed by atoms with E-state index in [0.717, 1.165) is 12.5 Å². The molecular formula is C13H18F3NOS. The highest BCUT2D eigenvalue weighted by Gasteiger charge is 2.33. The summed E-state index contributed by atoms with van der Waals surface area (Å²) in [5, 5.41) is 0. The molecule has 0 fully saturated rings. The summed E-state index contributed by atoms with van der Waals surface area (Å²) in [6.45, 7) is 3.90. The maximum Gasteiger partial charge on any atom is 0.416 e. The van der Waals surface area contributed by atoms with Crippen LogP contribution in [0, 0.1) is 5.92 Å². The molecule has 6 heteroatoms. The van der Waals surface area contributed by atoms with E-state index in [1.54, 1.807) is 0 Å². The third-order valence-corrected chi connectivity index (χ3v) is 4.50. The molecule has 0 aliphatic heterocycles. The van der Waals surface area contributed by atoms with E-state index in [1.807, 2.05) is 13.8 Å². The fourth-order valence-corrected chi connectivity index (χ4v) is 3.24. The fourth-order valence-electron chi connectivity index (χ4n) is 1.65. The quantitative estimate of drug-likeness (QED) is 0.843. The number of hydrogen-bond donors (Lipinski definition) is 1. The first-order valence-corrected chi connectivity index (χ1v) is 7.53. The van der Waals surface area contributed by atoms with Crippen LogP contribution in [-0.4, -0.2) is 9.96 Å². The molecule has 0 saturated heterocycles. The fraction of sp³-hybridized carbons (Fsp3) is 0.538. The summed E-state index contributed by atoms with van der Waals surface area (Å²) < 4.78 is 50.4. The average molecular weight is 293 g/mol. The molecule has 2 unspecified atom stereocenters. The first-order chi connectivity index (χ1) is 8.74. The Morgan fingerprint density at radius 3 is 2.53 bits per heavy atom. The van der Waals surface area contributed by atoms with Crippen LogP contribution < -0.4 is 5.73 Å². The minimum absolute atomic E-state index is 0.0448. The van der Waals surface area contributed by atoms with Crippen LogP contribution in [0.1, 0.15) is 31.4 Å². The Balaban J connectivity index is 2.92. The molecule has 0 aliphatic carbocycles. The first-order valence-electron chi connectivity index (χ1n) is 6.04. The van der Waals surface area contributed by atoms with Crippen LogP contribution in [0.4, 0.5) is 18.9 Å². The second kappa shape index (κ2) is 6.41. The van der Waals surface area contributed by atoms with Crippen molar-refractivity contribution < 1.29 is 17.4 Å². The standard InChI is InChI=1S/C13H18F3NOS/c1-3-9(2)7-19(18)8-10-4-5-11(17)6-12(10)13(14,15)16/h4-6,9H,3,7-8,17H2,1-2H3. The molecular weight excluding hydrogens is 275 g/mol. The van der Waals surface area contributed by atoms with Gasteiger partial charge in [0.2, 0.25) is 0 Å². The Labute approximate surface area is 113 Å². The van der Waals surface area contributed by atoms with E-state index in [0.29, 0.717) is 5.75 Å². The normalized spacial score (nSPS) is 15.2. The summed E-state index contributed by atoms with van der Waals surface area (Å²) in [6, 6.07) is 3.62. The van der Waals surface area contributed by atoms with E-state index in [4.69, 9.17) is 5.73 Å². The minimum Gasteiger partial charge on any atom is -0.399 e. The van der Waals surface area contributed by atoms with Crippen molar-refractivity contribution in [1.29, 1.82) is 0 Å². The molecule has 1 aromatic carbocycles. The van der Waals surface area contributed by atoms with Crippen molar-refractivity contribution in [3.05, 3.63) is 29.3 Å². The van der Waals surface area contributed by atoms with Crippen molar-refractivity contribution in [3.63, 3.8) is 0 Å². The molecule has 19 heavy (non-hydrogen) atoms. The van der Waals surface area contributed by atoms with E-state index < -0.39 is 22.5 Å². The zero-order valence-electron chi connectivity index (χ0n) is 11.0. The summed E-state index contributed by atoms with van der Waals surface area (Å²) >= 11 is 0. The largest absolute Gasteiger partial charge is 0.416 e. The average Bonchev–Trinajstić information content (AvgIpc) is 2.29. The van der Waals surface area contributed by atoms with Crippen LogP contribution in [0.3, 0.4) is 0 Å². The van der Waals surface area contributed by atoms with Gasteiger partial charge in [0.1, 0.15) is 0 Å². The highest BCUT2D eigenvalue weighted by Crippen LogP contribution is 2.34. The Kier molecular flexibility index (Phi) is 5.40. The molecule has 2 atom stereocenters. The molecule has 0 amide bonds. The van der Waals surface area contributed by atoms with Gasteiger partial charge in [0.25, 0.3) is 0 Å². The van der Waals surface area contributed by atoms with E-state index in [9.17, 15) is 17.4 Å². The summed E-state index contributed by atoms with van der Waals surface area (Å²) in [4.78, 5) is 0. The number of benzene rings is 1. The predicted molar refractivity (Wildman–Crippen MR) is 72.0 cm³/mol. The summed E-state index contributed by atoms with van der Waals surface area (Å²) in [6.07, 6.45) is -3.61. The van der Waals surface area contributed by atoms with Crippen molar-refractivity contribution >= 4 is 16.5 Å². The van der Waals surface area contributed by atoms with Crippen LogP contribution in [-0.2, 0) is 22.7 Å². The molecule has 2 nitrogen and oxygen atoms in total. The Morgan fingerprint density at radius 2 is 2.00 bits per heavy atom.